The van der Waals surface area contributed by atoms with E-state index >= 15 is 0 Å². The number of aryl methyl sites for hydroxylation is 2. The Hall–Kier alpha value is -1.79. The number of rotatable bonds is 3. The topological polar surface area (TPSA) is 0 Å². The molecule has 0 aromatic heterocycles. The van der Waals surface area contributed by atoms with Gasteiger partial charge in [0.05, 0.1) is 0 Å². The summed E-state index contributed by atoms with van der Waals surface area (Å²) < 4.78 is 0. The fourth-order valence-corrected chi connectivity index (χ4v) is 3.44. The molecule has 0 fully saturated rings. The smallest absolute Gasteiger partial charge is 0.0358 e. The predicted molar refractivity (Wildman–Crippen MR) is 97.0 cm³/mol. The normalized spacial score (nSPS) is 14.0. The first-order valence-electron chi connectivity index (χ1n) is 7.68. The second kappa shape index (κ2) is 5.78. The van der Waals surface area contributed by atoms with Crippen molar-refractivity contribution in [2.45, 2.75) is 26.2 Å². The maximum atomic E-state index is 6.45. The molecule has 0 spiro atoms. The summed E-state index contributed by atoms with van der Waals surface area (Å²) >= 11 is 6.45. The minimum atomic E-state index is -0.190. The molecule has 1 unspecified atom stereocenters. The largest absolute Gasteiger partial charge is 0.125 e. The van der Waals surface area contributed by atoms with Gasteiger partial charge in [0.2, 0.25) is 0 Å². The van der Waals surface area contributed by atoms with Gasteiger partial charge in [-0.2, -0.15) is 0 Å². The number of halogens is 1. The molecule has 0 saturated heterocycles. The Morgan fingerprint density at radius 1 is 0.864 bits per heavy atom. The van der Waals surface area contributed by atoms with Crippen LogP contribution in [0.25, 0.3) is 10.8 Å². The van der Waals surface area contributed by atoms with Gasteiger partial charge in [-0.25, -0.2) is 0 Å². The highest BCUT2D eigenvalue weighted by Crippen LogP contribution is 2.38. The lowest BCUT2D eigenvalue weighted by Gasteiger charge is -2.30. The lowest BCUT2D eigenvalue weighted by Crippen LogP contribution is -2.26. The first-order valence-corrected chi connectivity index (χ1v) is 8.21. The quantitative estimate of drug-likeness (QED) is 0.520. The van der Waals surface area contributed by atoms with Gasteiger partial charge in [-0.05, 0) is 46.9 Å². The highest BCUT2D eigenvalue weighted by Gasteiger charge is 2.29. The molecule has 0 aliphatic heterocycles. The van der Waals surface area contributed by atoms with Crippen LogP contribution in [-0.4, -0.2) is 5.88 Å². The maximum absolute atomic E-state index is 6.45. The molecular weight excluding hydrogens is 288 g/mol. The van der Waals surface area contributed by atoms with Gasteiger partial charge in [-0.3, -0.25) is 0 Å². The molecule has 1 atom stereocenters. The Labute approximate surface area is 137 Å². The fraction of sp³-hybridized carbons (Fsp3) is 0.238. The first-order chi connectivity index (χ1) is 10.6. The molecule has 0 bridgehead atoms. The average molecular weight is 309 g/mol. The van der Waals surface area contributed by atoms with Crippen LogP contribution in [0.4, 0.5) is 0 Å². The molecule has 0 nitrogen and oxygen atoms in total. The van der Waals surface area contributed by atoms with E-state index in [9.17, 15) is 0 Å². The van der Waals surface area contributed by atoms with Gasteiger partial charge < -0.3 is 0 Å². The first kappa shape index (κ1) is 15.1. The van der Waals surface area contributed by atoms with Crippen molar-refractivity contribution in [1.82, 2.24) is 0 Å². The van der Waals surface area contributed by atoms with Crippen LogP contribution in [0.2, 0.25) is 0 Å². The van der Waals surface area contributed by atoms with E-state index in [4.69, 9.17) is 11.6 Å². The summed E-state index contributed by atoms with van der Waals surface area (Å²) in [6.07, 6.45) is 0. The second-order valence-electron chi connectivity index (χ2n) is 6.29. The molecular formula is C21H21Cl. The minimum absolute atomic E-state index is 0.190. The number of alkyl halides is 1. The number of hydrogen-bond acceptors (Lipinski definition) is 0. The molecule has 0 aliphatic rings. The van der Waals surface area contributed by atoms with Crippen LogP contribution in [0.5, 0.6) is 0 Å². The number of benzene rings is 3. The molecule has 1 heteroatoms. The van der Waals surface area contributed by atoms with Gasteiger partial charge in [0.25, 0.3) is 0 Å². The van der Waals surface area contributed by atoms with Gasteiger partial charge in [0.15, 0.2) is 0 Å². The second-order valence-corrected chi connectivity index (χ2v) is 6.56. The zero-order valence-electron chi connectivity index (χ0n) is 13.4. The van der Waals surface area contributed by atoms with Crippen molar-refractivity contribution in [3.63, 3.8) is 0 Å². The Bertz CT molecular complexity index is 805. The van der Waals surface area contributed by atoms with Crippen LogP contribution in [0.3, 0.4) is 0 Å². The SMILES string of the molecule is Cc1cc2cccc(C(C)(CCl)c3ccccc3)c2cc1C. The van der Waals surface area contributed by atoms with Crippen LogP contribution >= 0.6 is 11.6 Å². The van der Waals surface area contributed by atoms with Gasteiger partial charge in [-0.15, -0.1) is 11.6 Å². The van der Waals surface area contributed by atoms with E-state index in [1.54, 1.807) is 0 Å². The van der Waals surface area contributed by atoms with E-state index in [-0.39, 0.29) is 5.41 Å². The van der Waals surface area contributed by atoms with Crippen molar-refractivity contribution in [1.29, 1.82) is 0 Å². The van der Waals surface area contributed by atoms with Gasteiger partial charge >= 0.3 is 0 Å². The summed E-state index contributed by atoms with van der Waals surface area (Å²) in [6, 6.07) is 21.7. The molecule has 0 radical (unpaired) electrons. The fourth-order valence-electron chi connectivity index (χ4n) is 3.14. The molecule has 0 saturated carbocycles. The van der Waals surface area contributed by atoms with Crippen molar-refractivity contribution in [3.8, 4) is 0 Å². The monoisotopic (exact) mass is 308 g/mol. The molecule has 3 rings (SSSR count). The molecule has 0 amide bonds. The third kappa shape index (κ3) is 2.42. The molecule has 0 aliphatic carbocycles. The third-order valence-electron chi connectivity index (χ3n) is 4.77. The van der Waals surface area contributed by atoms with Gasteiger partial charge in [0, 0.05) is 11.3 Å². The van der Waals surface area contributed by atoms with Crippen molar-refractivity contribution in [2.75, 3.05) is 5.88 Å². The van der Waals surface area contributed by atoms with E-state index in [0.717, 1.165) is 0 Å². The van der Waals surface area contributed by atoms with Gasteiger partial charge in [0.1, 0.15) is 0 Å². The summed E-state index contributed by atoms with van der Waals surface area (Å²) in [5, 5.41) is 2.59. The molecule has 22 heavy (non-hydrogen) atoms. The van der Waals surface area contributed by atoms with E-state index in [2.05, 4.69) is 81.4 Å². The lowest BCUT2D eigenvalue weighted by atomic mass is 9.75. The summed E-state index contributed by atoms with van der Waals surface area (Å²) in [5.41, 5.74) is 5.02. The average Bonchev–Trinajstić information content (AvgIpc) is 2.55. The van der Waals surface area contributed by atoms with E-state index in [0.29, 0.717) is 5.88 Å². The van der Waals surface area contributed by atoms with E-state index < -0.39 is 0 Å². The zero-order chi connectivity index (χ0) is 15.7. The summed E-state index contributed by atoms with van der Waals surface area (Å²) in [5.74, 6) is 0.559. The molecule has 112 valence electrons. The number of fused-ring (bicyclic) bond motifs is 1. The Morgan fingerprint density at radius 2 is 1.55 bits per heavy atom. The highest BCUT2D eigenvalue weighted by molar-refractivity contribution is 6.19. The maximum Gasteiger partial charge on any atom is 0.0358 e. The van der Waals surface area contributed by atoms with E-state index in [1.807, 2.05) is 0 Å². The third-order valence-corrected chi connectivity index (χ3v) is 5.30. The van der Waals surface area contributed by atoms with Crippen molar-refractivity contribution >= 4 is 22.4 Å². The highest BCUT2D eigenvalue weighted by atomic mass is 35.5. The van der Waals surface area contributed by atoms with Gasteiger partial charge in [-0.1, -0.05) is 67.6 Å². The molecule has 3 aromatic carbocycles. The van der Waals surface area contributed by atoms with Crippen molar-refractivity contribution in [3.05, 3.63) is 82.9 Å². The summed E-state index contributed by atoms with van der Waals surface area (Å²) in [7, 11) is 0. The Balaban J connectivity index is 2.30. The molecule has 0 N–H and O–H groups in total. The van der Waals surface area contributed by atoms with Crippen molar-refractivity contribution < 1.29 is 0 Å². The molecule has 3 aromatic rings. The lowest BCUT2D eigenvalue weighted by molar-refractivity contribution is 0.655. The van der Waals surface area contributed by atoms with Crippen molar-refractivity contribution in [2.24, 2.45) is 0 Å². The van der Waals surface area contributed by atoms with Crippen LogP contribution in [0, 0.1) is 13.8 Å². The van der Waals surface area contributed by atoms with Crippen LogP contribution in [0.1, 0.15) is 29.2 Å². The van der Waals surface area contributed by atoms with Crippen LogP contribution in [-0.2, 0) is 5.41 Å². The standard InChI is InChI=1S/C21H21Cl/c1-15-12-17-8-7-11-20(19(17)13-16(15)2)21(3,14-22)18-9-5-4-6-10-18/h4-13H,14H2,1-3H3. The zero-order valence-corrected chi connectivity index (χ0v) is 14.1. The molecule has 0 heterocycles. The minimum Gasteiger partial charge on any atom is -0.125 e. The summed E-state index contributed by atoms with van der Waals surface area (Å²) in [4.78, 5) is 0. The summed E-state index contributed by atoms with van der Waals surface area (Å²) in [6.45, 7) is 6.57. The van der Waals surface area contributed by atoms with Crippen LogP contribution < -0.4 is 0 Å². The Kier molecular flexibility index (Phi) is 3.97. The predicted octanol–water partition coefficient (Wildman–Crippen LogP) is 6.00. The van der Waals surface area contributed by atoms with E-state index in [1.165, 1.54) is 33.0 Å². The Morgan fingerprint density at radius 3 is 2.23 bits per heavy atom. The van der Waals surface area contributed by atoms with Crippen LogP contribution in [0.15, 0.2) is 60.7 Å². The number of hydrogen-bond donors (Lipinski definition) is 0.